The van der Waals surface area contributed by atoms with Crippen molar-refractivity contribution in [3.05, 3.63) is 29.3 Å². The molecule has 0 saturated carbocycles. The largest absolute Gasteiger partial charge is 0.411 e. The minimum absolute atomic E-state index is 0.126. The van der Waals surface area contributed by atoms with Gasteiger partial charge in [-0.25, -0.2) is 0 Å². The number of hydrogen-bond acceptors (Lipinski definition) is 3. The van der Waals surface area contributed by atoms with Gasteiger partial charge >= 0.3 is 6.18 Å². The fourth-order valence-corrected chi connectivity index (χ4v) is 2.27. The van der Waals surface area contributed by atoms with Gasteiger partial charge < -0.3 is 9.64 Å². The SMILES string of the molecule is Cc1cccc2c1N(CCCOCC(F)(F)F)C(=O)C2=O. The zero-order valence-electron chi connectivity index (χ0n) is 11.4. The van der Waals surface area contributed by atoms with Gasteiger partial charge in [-0.2, -0.15) is 13.2 Å². The standard InChI is InChI=1S/C14H14F3NO3/c1-9-4-2-5-10-11(9)18(13(20)12(10)19)6-3-7-21-8-14(15,16)17/h2,4-5H,3,6-8H2,1H3. The molecule has 0 atom stereocenters. The van der Waals surface area contributed by atoms with Crippen molar-refractivity contribution >= 4 is 17.4 Å². The molecule has 0 saturated heterocycles. The number of carbonyl (C=O) groups is 2. The lowest BCUT2D eigenvalue weighted by atomic mass is 10.1. The van der Waals surface area contributed by atoms with Crippen molar-refractivity contribution in [3.63, 3.8) is 0 Å². The molecule has 0 bridgehead atoms. The molecule has 0 aliphatic carbocycles. The predicted molar refractivity (Wildman–Crippen MR) is 69.4 cm³/mol. The van der Waals surface area contributed by atoms with E-state index in [2.05, 4.69) is 4.74 Å². The molecule has 1 aromatic rings. The first-order valence-electron chi connectivity index (χ1n) is 6.41. The van der Waals surface area contributed by atoms with E-state index in [0.717, 1.165) is 5.56 Å². The van der Waals surface area contributed by atoms with E-state index in [-0.39, 0.29) is 19.6 Å². The van der Waals surface area contributed by atoms with E-state index < -0.39 is 24.5 Å². The van der Waals surface area contributed by atoms with Crippen LogP contribution >= 0.6 is 0 Å². The Morgan fingerprint density at radius 1 is 1.24 bits per heavy atom. The summed E-state index contributed by atoms with van der Waals surface area (Å²) in [5.74, 6) is -1.22. The Bertz CT molecular complexity index is 569. The third-order valence-corrected chi connectivity index (χ3v) is 3.13. The lowest BCUT2D eigenvalue weighted by molar-refractivity contribution is -0.173. The summed E-state index contributed by atoms with van der Waals surface area (Å²) in [5, 5.41) is 0. The molecule has 1 aliphatic rings. The Labute approximate surface area is 119 Å². The van der Waals surface area contributed by atoms with Crippen LogP contribution in [0.25, 0.3) is 0 Å². The molecule has 0 spiro atoms. The lowest BCUT2D eigenvalue weighted by Gasteiger charge is -2.18. The molecule has 21 heavy (non-hydrogen) atoms. The van der Waals surface area contributed by atoms with Crippen LogP contribution in [-0.4, -0.2) is 37.6 Å². The van der Waals surface area contributed by atoms with Crippen LogP contribution in [0.1, 0.15) is 22.3 Å². The summed E-state index contributed by atoms with van der Waals surface area (Å²) in [6, 6.07) is 5.04. The molecule has 0 N–H and O–H groups in total. The van der Waals surface area contributed by atoms with E-state index >= 15 is 0 Å². The predicted octanol–water partition coefficient (Wildman–Crippen LogP) is 2.49. The van der Waals surface area contributed by atoms with Crippen molar-refractivity contribution in [3.8, 4) is 0 Å². The average Bonchev–Trinajstić information content (AvgIpc) is 2.63. The summed E-state index contributed by atoms with van der Waals surface area (Å²) in [7, 11) is 0. The van der Waals surface area contributed by atoms with Gasteiger partial charge in [0.1, 0.15) is 6.61 Å². The first-order chi connectivity index (χ1) is 9.81. The van der Waals surface area contributed by atoms with Crippen LogP contribution in [0.3, 0.4) is 0 Å². The molecule has 1 amide bonds. The highest BCUT2D eigenvalue weighted by Gasteiger charge is 2.36. The number of nitrogens with zero attached hydrogens (tertiary/aromatic N) is 1. The Balaban J connectivity index is 1.96. The summed E-state index contributed by atoms with van der Waals surface area (Å²) < 4.78 is 40.2. The van der Waals surface area contributed by atoms with E-state index in [1.807, 2.05) is 0 Å². The van der Waals surface area contributed by atoms with E-state index in [9.17, 15) is 22.8 Å². The Hall–Kier alpha value is -1.89. The molecule has 2 rings (SSSR count). The number of hydrogen-bond donors (Lipinski definition) is 0. The van der Waals surface area contributed by atoms with E-state index in [4.69, 9.17) is 0 Å². The first kappa shape index (κ1) is 15.5. The highest BCUT2D eigenvalue weighted by atomic mass is 19.4. The maximum atomic E-state index is 11.9. The number of alkyl halides is 3. The smallest absolute Gasteiger partial charge is 0.372 e. The van der Waals surface area contributed by atoms with Gasteiger partial charge in [0.15, 0.2) is 0 Å². The Morgan fingerprint density at radius 3 is 2.62 bits per heavy atom. The fraction of sp³-hybridized carbons (Fsp3) is 0.429. The number of ketones is 1. The normalized spacial score (nSPS) is 14.8. The molecule has 4 nitrogen and oxygen atoms in total. The van der Waals surface area contributed by atoms with E-state index in [1.54, 1.807) is 25.1 Å². The molecule has 1 aliphatic heterocycles. The van der Waals surface area contributed by atoms with Crippen molar-refractivity contribution in [1.29, 1.82) is 0 Å². The quantitative estimate of drug-likeness (QED) is 0.620. The number of halogens is 3. The second-order valence-corrected chi connectivity index (χ2v) is 4.78. The van der Waals surface area contributed by atoms with E-state index in [1.165, 1.54) is 4.90 Å². The number of Topliss-reactive ketones (excluding diaryl/α,β-unsaturated/α-hetero) is 1. The molecule has 0 aromatic heterocycles. The van der Waals surface area contributed by atoms with Crippen LogP contribution in [0, 0.1) is 6.92 Å². The zero-order valence-corrected chi connectivity index (χ0v) is 11.4. The minimum Gasteiger partial charge on any atom is -0.372 e. The molecular weight excluding hydrogens is 287 g/mol. The summed E-state index contributed by atoms with van der Waals surface area (Å²) in [4.78, 5) is 25.0. The van der Waals surface area contributed by atoms with Crippen molar-refractivity contribution in [2.24, 2.45) is 0 Å². The maximum Gasteiger partial charge on any atom is 0.411 e. The van der Waals surface area contributed by atoms with Crippen LogP contribution in [0.4, 0.5) is 18.9 Å². The molecule has 1 heterocycles. The van der Waals surface area contributed by atoms with Gasteiger partial charge in [-0.05, 0) is 25.0 Å². The second kappa shape index (κ2) is 5.85. The Kier molecular flexibility index (Phi) is 4.32. The molecule has 7 heteroatoms. The fourth-order valence-electron chi connectivity index (χ4n) is 2.27. The highest BCUT2D eigenvalue weighted by molar-refractivity contribution is 6.52. The van der Waals surface area contributed by atoms with Gasteiger partial charge in [-0.15, -0.1) is 0 Å². The van der Waals surface area contributed by atoms with Gasteiger partial charge in [0.25, 0.3) is 11.7 Å². The second-order valence-electron chi connectivity index (χ2n) is 4.78. The van der Waals surface area contributed by atoms with Crippen molar-refractivity contribution in [2.45, 2.75) is 19.5 Å². The molecule has 0 radical (unpaired) electrons. The minimum atomic E-state index is -4.36. The third kappa shape index (κ3) is 3.41. The Morgan fingerprint density at radius 2 is 1.95 bits per heavy atom. The van der Waals surface area contributed by atoms with E-state index in [0.29, 0.717) is 11.3 Å². The number of anilines is 1. The number of benzene rings is 1. The van der Waals surface area contributed by atoms with Gasteiger partial charge in [0.05, 0.1) is 11.3 Å². The highest BCUT2D eigenvalue weighted by Crippen LogP contribution is 2.32. The number of carbonyl (C=O) groups excluding carboxylic acids is 2. The molecule has 1 aromatic carbocycles. The van der Waals surface area contributed by atoms with Crippen molar-refractivity contribution in [1.82, 2.24) is 0 Å². The number of aryl methyl sites for hydroxylation is 1. The number of rotatable bonds is 5. The van der Waals surface area contributed by atoms with Gasteiger partial charge in [-0.3, -0.25) is 9.59 Å². The van der Waals surface area contributed by atoms with Gasteiger partial charge in [-0.1, -0.05) is 12.1 Å². The summed E-state index contributed by atoms with van der Waals surface area (Å²) in [5.41, 5.74) is 1.67. The number of amides is 1. The molecule has 114 valence electrons. The van der Waals surface area contributed by atoms with Crippen LogP contribution in [-0.2, 0) is 9.53 Å². The summed E-state index contributed by atoms with van der Waals surface area (Å²) in [6.07, 6.45) is -4.13. The van der Waals surface area contributed by atoms with Crippen molar-refractivity contribution in [2.75, 3.05) is 24.7 Å². The topological polar surface area (TPSA) is 46.6 Å². The van der Waals surface area contributed by atoms with Gasteiger partial charge in [0, 0.05) is 13.2 Å². The van der Waals surface area contributed by atoms with Crippen LogP contribution in [0.5, 0.6) is 0 Å². The molecule has 0 fully saturated rings. The monoisotopic (exact) mass is 301 g/mol. The van der Waals surface area contributed by atoms with Crippen LogP contribution < -0.4 is 4.90 Å². The molecule has 0 unspecified atom stereocenters. The average molecular weight is 301 g/mol. The molecular formula is C14H14F3NO3. The van der Waals surface area contributed by atoms with Gasteiger partial charge in [0.2, 0.25) is 0 Å². The lowest BCUT2D eigenvalue weighted by Crippen LogP contribution is -2.31. The van der Waals surface area contributed by atoms with Crippen molar-refractivity contribution < 1.29 is 27.5 Å². The van der Waals surface area contributed by atoms with Crippen LogP contribution in [0.15, 0.2) is 18.2 Å². The summed E-state index contributed by atoms with van der Waals surface area (Å²) >= 11 is 0. The van der Waals surface area contributed by atoms with Crippen LogP contribution in [0.2, 0.25) is 0 Å². The zero-order chi connectivity index (χ0) is 15.6. The number of ether oxygens (including phenoxy) is 1. The summed E-state index contributed by atoms with van der Waals surface area (Å²) in [6.45, 7) is 0.492. The third-order valence-electron chi connectivity index (χ3n) is 3.13. The number of para-hydroxylation sites is 1. The first-order valence-corrected chi connectivity index (χ1v) is 6.41. The number of fused-ring (bicyclic) bond motifs is 1. The maximum absolute atomic E-state index is 11.9.